The van der Waals surface area contributed by atoms with Crippen LogP contribution in [0.25, 0.3) is 0 Å². The molecule has 0 heterocycles. The summed E-state index contributed by atoms with van der Waals surface area (Å²) in [5.41, 5.74) is 0. The first-order valence-electron chi connectivity index (χ1n) is 4.93. The van der Waals surface area contributed by atoms with Crippen LogP contribution < -0.4 is 5.32 Å². The van der Waals surface area contributed by atoms with Crippen LogP contribution in [0.5, 0.6) is 0 Å². The summed E-state index contributed by atoms with van der Waals surface area (Å²) in [6.45, 7) is 0.648. The average Bonchev–Trinajstić information content (AvgIpc) is 2.13. The standard InChI is InChI=1S/C8H17NO3S2/c10-14(11,12)13-7-6-9-8-4-2-1-3-5-8/h8-9H,1-7H2,(H,10,11,12). The molecule has 0 bridgehead atoms. The zero-order valence-corrected chi connectivity index (χ0v) is 9.74. The monoisotopic (exact) mass is 239 g/mol. The summed E-state index contributed by atoms with van der Waals surface area (Å²) in [4.78, 5) is 0. The number of hydrogen-bond donors (Lipinski definition) is 2. The highest BCUT2D eigenvalue weighted by Gasteiger charge is 2.12. The maximum Gasteiger partial charge on any atom is 0.319 e. The third kappa shape index (κ3) is 5.85. The molecule has 0 saturated heterocycles. The molecule has 0 aromatic rings. The lowest BCUT2D eigenvalue weighted by molar-refractivity contribution is 0.381. The summed E-state index contributed by atoms with van der Waals surface area (Å²) in [6, 6.07) is 0.547. The molecule has 0 aromatic carbocycles. The van der Waals surface area contributed by atoms with E-state index in [1.807, 2.05) is 0 Å². The molecule has 0 amide bonds. The maximum absolute atomic E-state index is 10.4. The van der Waals surface area contributed by atoms with Gasteiger partial charge >= 0.3 is 9.15 Å². The molecule has 84 valence electrons. The molecule has 0 unspecified atom stereocenters. The minimum atomic E-state index is -3.85. The van der Waals surface area contributed by atoms with Crippen LogP contribution in [0.2, 0.25) is 0 Å². The summed E-state index contributed by atoms with van der Waals surface area (Å²) in [6.07, 6.45) is 6.23. The molecule has 1 saturated carbocycles. The van der Waals surface area contributed by atoms with Crippen LogP contribution in [-0.2, 0) is 9.15 Å². The van der Waals surface area contributed by atoms with Crippen molar-refractivity contribution < 1.29 is 13.0 Å². The molecular weight excluding hydrogens is 222 g/mol. The quantitative estimate of drug-likeness (QED) is 0.432. The second-order valence-electron chi connectivity index (χ2n) is 3.54. The maximum atomic E-state index is 10.4. The van der Waals surface area contributed by atoms with Crippen LogP contribution >= 0.6 is 10.8 Å². The van der Waals surface area contributed by atoms with Crippen molar-refractivity contribution >= 4 is 19.9 Å². The fourth-order valence-corrected chi connectivity index (χ4v) is 3.01. The van der Waals surface area contributed by atoms with Gasteiger partial charge in [-0.25, -0.2) is 0 Å². The molecule has 0 spiro atoms. The predicted molar refractivity (Wildman–Crippen MR) is 58.9 cm³/mol. The zero-order valence-electron chi connectivity index (χ0n) is 8.11. The Morgan fingerprint density at radius 2 is 1.93 bits per heavy atom. The third-order valence-corrected chi connectivity index (χ3v) is 4.43. The Kier molecular flexibility index (Phi) is 5.22. The van der Waals surface area contributed by atoms with Crippen LogP contribution in [0.4, 0.5) is 0 Å². The van der Waals surface area contributed by atoms with E-state index in [0.29, 0.717) is 29.1 Å². The van der Waals surface area contributed by atoms with Crippen molar-refractivity contribution in [3.63, 3.8) is 0 Å². The highest BCUT2D eigenvalue weighted by molar-refractivity contribution is 8.69. The molecule has 0 aromatic heterocycles. The minimum absolute atomic E-state index is 0.412. The van der Waals surface area contributed by atoms with Crippen molar-refractivity contribution in [3.05, 3.63) is 0 Å². The van der Waals surface area contributed by atoms with Crippen LogP contribution in [0.1, 0.15) is 32.1 Å². The smallest absolute Gasteiger partial charge is 0.313 e. The van der Waals surface area contributed by atoms with E-state index in [2.05, 4.69) is 5.32 Å². The van der Waals surface area contributed by atoms with E-state index in [4.69, 9.17) is 4.55 Å². The fourth-order valence-electron chi connectivity index (χ4n) is 1.72. The lowest BCUT2D eigenvalue weighted by atomic mass is 9.96. The predicted octanol–water partition coefficient (Wildman–Crippen LogP) is 1.44. The minimum Gasteiger partial charge on any atom is -0.313 e. The first-order valence-corrected chi connectivity index (χ1v) is 7.87. The molecule has 1 rings (SSSR count). The molecule has 0 aliphatic heterocycles. The van der Waals surface area contributed by atoms with Crippen LogP contribution in [-0.4, -0.2) is 31.3 Å². The average molecular weight is 239 g/mol. The fraction of sp³-hybridized carbons (Fsp3) is 1.00. The van der Waals surface area contributed by atoms with E-state index in [1.165, 1.54) is 32.1 Å². The molecule has 0 atom stereocenters. The molecule has 1 aliphatic rings. The molecule has 1 aliphatic carbocycles. The Hall–Kier alpha value is 0.220. The second-order valence-corrected chi connectivity index (χ2v) is 7.01. The largest absolute Gasteiger partial charge is 0.319 e. The number of nitrogens with one attached hydrogen (secondary N) is 1. The molecule has 0 radical (unpaired) electrons. The normalized spacial score (nSPS) is 19.8. The van der Waals surface area contributed by atoms with Gasteiger partial charge in [0.1, 0.15) is 0 Å². The van der Waals surface area contributed by atoms with Crippen molar-refractivity contribution in [2.24, 2.45) is 0 Å². The van der Waals surface area contributed by atoms with Gasteiger partial charge < -0.3 is 5.32 Å². The molecule has 14 heavy (non-hydrogen) atoms. The number of hydrogen-bond acceptors (Lipinski definition) is 4. The van der Waals surface area contributed by atoms with Crippen molar-refractivity contribution in [3.8, 4) is 0 Å². The summed E-state index contributed by atoms with van der Waals surface area (Å²) in [5, 5.41) is 3.30. The van der Waals surface area contributed by atoms with Gasteiger partial charge in [0.2, 0.25) is 0 Å². The van der Waals surface area contributed by atoms with Gasteiger partial charge in [-0.05, 0) is 23.6 Å². The van der Waals surface area contributed by atoms with Gasteiger partial charge in [0.15, 0.2) is 0 Å². The lowest BCUT2D eigenvalue weighted by Crippen LogP contribution is -2.32. The van der Waals surface area contributed by atoms with Crippen molar-refractivity contribution in [2.45, 2.75) is 38.1 Å². The molecule has 1 fully saturated rings. The molecule has 2 N–H and O–H groups in total. The lowest BCUT2D eigenvalue weighted by Gasteiger charge is -2.22. The first kappa shape index (κ1) is 12.3. The Bertz CT molecular complexity index is 247. The van der Waals surface area contributed by atoms with Gasteiger partial charge in [-0.15, -0.1) is 0 Å². The highest BCUT2D eigenvalue weighted by Crippen LogP contribution is 2.17. The van der Waals surface area contributed by atoms with E-state index < -0.39 is 9.15 Å². The molecular formula is C8H17NO3S2. The van der Waals surface area contributed by atoms with Crippen LogP contribution in [0.15, 0.2) is 0 Å². The van der Waals surface area contributed by atoms with Crippen LogP contribution in [0.3, 0.4) is 0 Å². The Morgan fingerprint density at radius 1 is 1.29 bits per heavy atom. The van der Waals surface area contributed by atoms with Crippen molar-refractivity contribution in [2.75, 3.05) is 12.3 Å². The van der Waals surface area contributed by atoms with E-state index in [-0.39, 0.29) is 0 Å². The van der Waals surface area contributed by atoms with E-state index in [9.17, 15) is 8.42 Å². The summed E-state index contributed by atoms with van der Waals surface area (Å²) in [7, 11) is -3.26. The third-order valence-electron chi connectivity index (χ3n) is 2.37. The van der Waals surface area contributed by atoms with E-state index in [1.54, 1.807) is 0 Å². The summed E-state index contributed by atoms with van der Waals surface area (Å²) >= 11 is 0. The SMILES string of the molecule is O=S(=O)(O)SCCNC1CCCCC1. The van der Waals surface area contributed by atoms with Gasteiger partial charge in [-0.2, -0.15) is 8.42 Å². The van der Waals surface area contributed by atoms with Gasteiger partial charge in [-0.3, -0.25) is 4.55 Å². The highest BCUT2D eigenvalue weighted by atomic mass is 33.1. The summed E-state index contributed by atoms with van der Waals surface area (Å²) < 4.78 is 29.2. The Labute approximate surface area is 89.0 Å². The van der Waals surface area contributed by atoms with Crippen molar-refractivity contribution in [1.29, 1.82) is 0 Å². The van der Waals surface area contributed by atoms with Gasteiger partial charge in [-0.1, -0.05) is 19.3 Å². The second kappa shape index (κ2) is 5.95. The first-order chi connectivity index (χ1) is 6.58. The summed E-state index contributed by atoms with van der Waals surface area (Å²) in [5.74, 6) is 0.412. The topological polar surface area (TPSA) is 66.4 Å². The molecule has 6 heteroatoms. The Morgan fingerprint density at radius 3 is 2.50 bits per heavy atom. The van der Waals surface area contributed by atoms with E-state index >= 15 is 0 Å². The van der Waals surface area contributed by atoms with Gasteiger partial charge in [0.25, 0.3) is 0 Å². The zero-order chi connectivity index (χ0) is 10.4. The Balaban J connectivity index is 2.03. The number of rotatable bonds is 5. The van der Waals surface area contributed by atoms with Crippen molar-refractivity contribution in [1.82, 2.24) is 5.32 Å². The molecule has 4 nitrogen and oxygen atoms in total. The van der Waals surface area contributed by atoms with Crippen LogP contribution in [0, 0.1) is 0 Å². The van der Waals surface area contributed by atoms with Gasteiger partial charge in [0, 0.05) is 18.3 Å². The van der Waals surface area contributed by atoms with E-state index in [0.717, 1.165) is 0 Å². The van der Waals surface area contributed by atoms with Gasteiger partial charge in [0.05, 0.1) is 0 Å².